The summed E-state index contributed by atoms with van der Waals surface area (Å²) in [5, 5.41) is 14.5. The lowest BCUT2D eigenvalue weighted by Gasteiger charge is -2.37. The third-order valence-electron chi connectivity index (χ3n) is 8.09. The highest BCUT2D eigenvalue weighted by molar-refractivity contribution is 7.16. The molecule has 222 valence electrons. The molecule has 6 rings (SSSR count). The molecule has 0 radical (unpaired) electrons. The number of piperidine rings is 1. The van der Waals surface area contributed by atoms with Crippen LogP contribution in [-0.2, 0) is 15.9 Å². The van der Waals surface area contributed by atoms with Crippen molar-refractivity contribution in [1.29, 1.82) is 0 Å². The number of nitrogens with zero attached hydrogens (tertiary/aromatic N) is 4. The number of aliphatic hydroxyl groups is 1. The summed E-state index contributed by atoms with van der Waals surface area (Å²) in [6.07, 6.45) is 2.86. The number of aromatic nitrogens is 2. The first kappa shape index (κ1) is 28.5. The predicted molar refractivity (Wildman–Crippen MR) is 156 cm³/mol. The van der Waals surface area contributed by atoms with Crippen LogP contribution in [0.2, 0.25) is 0 Å². The van der Waals surface area contributed by atoms with Gasteiger partial charge in [0.2, 0.25) is 5.95 Å². The molecule has 0 unspecified atom stereocenters. The van der Waals surface area contributed by atoms with Crippen molar-refractivity contribution in [3.8, 4) is 16.3 Å². The van der Waals surface area contributed by atoms with E-state index in [1.165, 1.54) is 16.2 Å². The second kappa shape index (κ2) is 9.99. The van der Waals surface area contributed by atoms with Crippen LogP contribution in [0.25, 0.3) is 10.6 Å². The number of rotatable bonds is 5. The van der Waals surface area contributed by atoms with E-state index in [4.69, 9.17) is 9.47 Å². The fourth-order valence-electron chi connectivity index (χ4n) is 5.66. The molecule has 3 aliphatic rings. The Morgan fingerprint density at radius 1 is 1.17 bits per heavy atom. The Labute approximate surface area is 247 Å². The molecule has 10 nitrogen and oxygen atoms in total. The number of benzene rings is 1. The number of imide groups is 1. The molecule has 1 aromatic carbocycles. The summed E-state index contributed by atoms with van der Waals surface area (Å²) in [6.45, 7) is 6.82. The predicted octanol–water partition coefficient (Wildman–Crippen LogP) is 5.39. The first-order valence-electron chi connectivity index (χ1n) is 13.9. The number of hydrogen-bond donors (Lipinski definition) is 2. The van der Waals surface area contributed by atoms with Crippen molar-refractivity contribution in [2.24, 2.45) is 0 Å². The topological polar surface area (TPSA) is 117 Å². The first-order valence-corrected chi connectivity index (χ1v) is 14.8. The summed E-state index contributed by atoms with van der Waals surface area (Å²) < 4.78 is 26.1. The summed E-state index contributed by atoms with van der Waals surface area (Å²) in [5.74, 6) is -0.430. The zero-order valence-electron chi connectivity index (χ0n) is 24.3. The highest BCUT2D eigenvalue weighted by atomic mass is 32.1. The standard InChI is InChI=1S/C30H34FN5O5S/c1-28(2,3)41-27(38)36-25(37)18-15-22(42-24(18)29(36)8-9-29)23-19(31)16-32-26(34-23)33-20-14-17(6-7-21(20)40-5)30(39)10-12-35(4)13-11-30/h6-7,14-16,39H,8-13H2,1-5H3,(H,32,33,34). The van der Waals surface area contributed by atoms with Gasteiger partial charge in [-0.1, -0.05) is 6.07 Å². The minimum Gasteiger partial charge on any atom is -0.495 e. The molecule has 1 saturated carbocycles. The van der Waals surface area contributed by atoms with E-state index in [9.17, 15) is 14.7 Å². The number of carbonyl (C=O) groups excluding carboxylic acids is 2. The third kappa shape index (κ3) is 4.91. The smallest absolute Gasteiger partial charge is 0.418 e. The molecule has 2 aromatic heterocycles. The van der Waals surface area contributed by atoms with Crippen LogP contribution in [0.15, 0.2) is 30.5 Å². The Morgan fingerprint density at radius 3 is 2.52 bits per heavy atom. The number of methoxy groups -OCH3 is 1. The van der Waals surface area contributed by atoms with Crippen molar-refractivity contribution in [1.82, 2.24) is 19.8 Å². The van der Waals surface area contributed by atoms with Gasteiger partial charge in [-0.2, -0.15) is 0 Å². The van der Waals surface area contributed by atoms with E-state index in [1.54, 1.807) is 40.0 Å². The monoisotopic (exact) mass is 595 g/mol. The number of halogens is 1. The molecule has 3 aromatic rings. The van der Waals surface area contributed by atoms with Gasteiger partial charge >= 0.3 is 6.09 Å². The van der Waals surface area contributed by atoms with Crippen molar-refractivity contribution in [3.63, 3.8) is 0 Å². The van der Waals surface area contributed by atoms with Crippen molar-refractivity contribution in [2.75, 3.05) is 32.6 Å². The average Bonchev–Trinajstić information content (AvgIpc) is 3.53. The Morgan fingerprint density at radius 2 is 1.88 bits per heavy atom. The van der Waals surface area contributed by atoms with Crippen LogP contribution >= 0.6 is 11.3 Å². The van der Waals surface area contributed by atoms with Gasteiger partial charge in [-0.05, 0) is 77.3 Å². The molecule has 2 fully saturated rings. The van der Waals surface area contributed by atoms with Crippen LogP contribution in [0.3, 0.4) is 0 Å². The van der Waals surface area contributed by atoms with E-state index in [0.717, 1.165) is 29.7 Å². The number of hydrogen-bond acceptors (Lipinski definition) is 10. The number of thiophene rings is 1. The van der Waals surface area contributed by atoms with Crippen LogP contribution in [-0.4, -0.2) is 69.7 Å². The maximum atomic E-state index is 15.1. The van der Waals surface area contributed by atoms with Gasteiger partial charge in [-0.25, -0.2) is 24.1 Å². The molecule has 12 heteroatoms. The molecule has 2 amide bonds. The number of fused-ring (bicyclic) bond motifs is 2. The average molecular weight is 596 g/mol. The van der Waals surface area contributed by atoms with Gasteiger partial charge in [0.1, 0.15) is 17.0 Å². The molecule has 4 heterocycles. The maximum absolute atomic E-state index is 15.1. The molecule has 2 N–H and O–H groups in total. The van der Waals surface area contributed by atoms with Crippen LogP contribution in [0.1, 0.15) is 67.3 Å². The van der Waals surface area contributed by atoms with Crippen molar-refractivity contribution >= 4 is 35.0 Å². The van der Waals surface area contributed by atoms with Gasteiger partial charge in [0.15, 0.2) is 5.82 Å². The molecular weight excluding hydrogens is 561 g/mol. The molecule has 1 aliphatic carbocycles. The number of carbonyl (C=O) groups is 2. The minimum atomic E-state index is -0.972. The molecule has 1 spiro atoms. The van der Waals surface area contributed by atoms with Crippen LogP contribution in [0.5, 0.6) is 5.75 Å². The lowest BCUT2D eigenvalue weighted by molar-refractivity contribution is -0.0203. The fraction of sp³-hybridized carbons (Fsp3) is 0.467. The second-order valence-corrected chi connectivity index (χ2v) is 13.3. The SMILES string of the molecule is COc1ccc(C2(O)CCN(C)CC2)cc1Nc1ncc(F)c(-c2cc3c(s2)C2(CC2)N(C(=O)OC(C)(C)C)C3=O)n1. The quantitative estimate of drug-likeness (QED) is 0.400. The highest BCUT2D eigenvalue weighted by Crippen LogP contribution is 2.60. The van der Waals surface area contributed by atoms with Gasteiger partial charge in [0, 0.05) is 18.0 Å². The van der Waals surface area contributed by atoms with Gasteiger partial charge in [-0.15, -0.1) is 11.3 Å². The summed E-state index contributed by atoms with van der Waals surface area (Å²) in [7, 11) is 3.57. The summed E-state index contributed by atoms with van der Waals surface area (Å²) in [4.78, 5) is 39.4. The zero-order chi connectivity index (χ0) is 30.0. The Kier molecular flexibility index (Phi) is 6.78. The van der Waals surface area contributed by atoms with E-state index in [2.05, 4.69) is 20.2 Å². The first-order chi connectivity index (χ1) is 19.8. The van der Waals surface area contributed by atoms with E-state index >= 15 is 4.39 Å². The summed E-state index contributed by atoms with van der Waals surface area (Å²) in [5.41, 5.74) is -0.762. The Hall–Kier alpha value is -3.61. The molecule has 0 atom stereocenters. The Bertz CT molecular complexity index is 1570. The van der Waals surface area contributed by atoms with E-state index in [0.29, 0.717) is 47.6 Å². The number of ether oxygens (including phenoxy) is 2. The van der Waals surface area contributed by atoms with Crippen molar-refractivity contribution < 1.29 is 28.6 Å². The van der Waals surface area contributed by atoms with Crippen LogP contribution in [0.4, 0.5) is 20.8 Å². The van der Waals surface area contributed by atoms with E-state index in [1.807, 2.05) is 19.2 Å². The van der Waals surface area contributed by atoms with Gasteiger partial charge < -0.3 is 24.8 Å². The van der Waals surface area contributed by atoms with Crippen molar-refractivity contribution in [3.05, 3.63) is 52.3 Å². The third-order valence-corrected chi connectivity index (χ3v) is 9.43. The Balaban J connectivity index is 1.29. The summed E-state index contributed by atoms with van der Waals surface area (Å²) >= 11 is 1.26. The maximum Gasteiger partial charge on any atom is 0.418 e. The lowest BCUT2D eigenvalue weighted by atomic mass is 9.84. The second-order valence-electron chi connectivity index (χ2n) is 12.3. The van der Waals surface area contributed by atoms with Crippen molar-refractivity contribution in [2.45, 2.75) is 63.2 Å². The number of anilines is 2. The minimum absolute atomic E-state index is 0.0448. The van der Waals surface area contributed by atoms with E-state index in [-0.39, 0.29) is 11.6 Å². The van der Waals surface area contributed by atoms with Gasteiger partial charge in [-0.3, -0.25) is 4.79 Å². The number of amides is 2. The number of nitrogens with one attached hydrogen (secondary N) is 1. The number of likely N-dealkylation sites (tertiary alicyclic amines) is 1. The molecular formula is C30H34FN5O5S. The lowest BCUT2D eigenvalue weighted by Crippen LogP contribution is -2.42. The largest absolute Gasteiger partial charge is 0.495 e. The van der Waals surface area contributed by atoms with E-state index < -0.39 is 34.6 Å². The molecule has 2 aliphatic heterocycles. The molecule has 42 heavy (non-hydrogen) atoms. The molecule has 0 bridgehead atoms. The fourth-order valence-corrected chi connectivity index (χ4v) is 7.03. The summed E-state index contributed by atoms with van der Waals surface area (Å²) in [6, 6.07) is 7.04. The van der Waals surface area contributed by atoms with Gasteiger partial charge in [0.05, 0.1) is 40.6 Å². The normalized spacial score (nSPS) is 19.1. The van der Waals surface area contributed by atoms with Crippen LogP contribution in [0, 0.1) is 5.82 Å². The van der Waals surface area contributed by atoms with Gasteiger partial charge in [0.25, 0.3) is 5.91 Å². The highest BCUT2D eigenvalue weighted by Gasteiger charge is 2.62. The van der Waals surface area contributed by atoms with Crippen LogP contribution < -0.4 is 10.1 Å². The molecule has 1 saturated heterocycles. The zero-order valence-corrected chi connectivity index (χ0v) is 25.1.